The van der Waals surface area contributed by atoms with E-state index in [1.165, 1.54) is 0 Å². The number of carboxylic acid groups (broad SMARTS) is 1. The number of likely N-dealkylation sites (tertiary alicyclic amines) is 1. The van der Waals surface area contributed by atoms with Crippen molar-refractivity contribution >= 4 is 5.97 Å². The van der Waals surface area contributed by atoms with Crippen molar-refractivity contribution in [2.24, 2.45) is 5.41 Å². The molecule has 2 heterocycles. The number of rotatable bonds is 7. The maximum Gasteiger partial charge on any atom is 0.310 e. The summed E-state index contributed by atoms with van der Waals surface area (Å²) in [4.78, 5) is 13.9. The van der Waals surface area contributed by atoms with Crippen molar-refractivity contribution in [1.82, 2.24) is 10.1 Å². The second kappa shape index (κ2) is 7.04. The topological polar surface area (TPSA) is 75.8 Å². The molecule has 1 aliphatic rings. The summed E-state index contributed by atoms with van der Waals surface area (Å²) in [7, 11) is 1.65. The molecule has 118 valence electrons. The number of aryl methyl sites for hydroxylation is 1. The molecule has 21 heavy (non-hydrogen) atoms. The van der Waals surface area contributed by atoms with Gasteiger partial charge in [0.25, 0.3) is 0 Å². The van der Waals surface area contributed by atoms with Crippen LogP contribution in [0.15, 0.2) is 10.6 Å². The fourth-order valence-corrected chi connectivity index (χ4v) is 3.11. The average Bonchev–Trinajstić information content (AvgIpc) is 2.84. The summed E-state index contributed by atoms with van der Waals surface area (Å²) in [5, 5.41) is 13.6. The molecule has 1 saturated heterocycles. The Labute approximate surface area is 125 Å². The third-order valence-corrected chi connectivity index (χ3v) is 4.17. The molecule has 0 unspecified atom stereocenters. The van der Waals surface area contributed by atoms with Gasteiger partial charge in [-0.25, -0.2) is 0 Å². The van der Waals surface area contributed by atoms with E-state index in [1.54, 1.807) is 7.11 Å². The summed E-state index contributed by atoms with van der Waals surface area (Å²) in [6.07, 6.45) is 3.06. The van der Waals surface area contributed by atoms with Crippen LogP contribution in [0, 0.1) is 12.3 Å². The van der Waals surface area contributed by atoms with Gasteiger partial charge in [-0.2, -0.15) is 0 Å². The van der Waals surface area contributed by atoms with Crippen LogP contribution in [0.1, 0.15) is 37.1 Å². The van der Waals surface area contributed by atoms with Crippen LogP contribution in [-0.4, -0.2) is 47.9 Å². The molecule has 0 spiro atoms. The molecule has 0 radical (unpaired) electrons. The van der Waals surface area contributed by atoms with Crippen LogP contribution in [0.4, 0.5) is 0 Å². The largest absolute Gasteiger partial charge is 0.481 e. The van der Waals surface area contributed by atoms with Crippen molar-refractivity contribution in [3.05, 3.63) is 17.5 Å². The predicted molar refractivity (Wildman–Crippen MR) is 76.9 cm³/mol. The van der Waals surface area contributed by atoms with Gasteiger partial charge in [-0.05, 0) is 39.2 Å². The highest BCUT2D eigenvalue weighted by atomic mass is 16.5. The number of methoxy groups -OCH3 is 1. The zero-order valence-corrected chi connectivity index (χ0v) is 12.8. The van der Waals surface area contributed by atoms with E-state index in [2.05, 4.69) is 10.1 Å². The van der Waals surface area contributed by atoms with E-state index >= 15 is 0 Å². The van der Waals surface area contributed by atoms with Gasteiger partial charge < -0.3 is 14.4 Å². The standard InChI is InChI=1S/C15H24N2O4/c1-12-9-13(21-16-12)10-17-7-3-5-15(11-17,14(18)19)6-4-8-20-2/h9H,3-8,10-11H2,1-2H3,(H,18,19)/t15-/m1/s1. The first-order chi connectivity index (χ1) is 10.1. The maximum atomic E-state index is 11.8. The van der Waals surface area contributed by atoms with Crippen LogP contribution in [0.3, 0.4) is 0 Å². The fraction of sp³-hybridized carbons (Fsp3) is 0.733. The Kier molecular flexibility index (Phi) is 5.36. The SMILES string of the molecule is COCCC[C@]1(C(=O)O)CCCN(Cc2cc(C)no2)C1. The van der Waals surface area contributed by atoms with Gasteiger partial charge in [0.1, 0.15) is 0 Å². The number of hydrogen-bond donors (Lipinski definition) is 1. The third kappa shape index (κ3) is 4.04. The van der Waals surface area contributed by atoms with E-state index in [0.717, 1.165) is 37.3 Å². The van der Waals surface area contributed by atoms with Crippen molar-refractivity contribution in [3.63, 3.8) is 0 Å². The average molecular weight is 296 g/mol. The Hall–Kier alpha value is -1.40. The number of ether oxygens (including phenoxy) is 1. The molecular formula is C15H24N2O4. The molecule has 6 heteroatoms. The van der Waals surface area contributed by atoms with Crippen molar-refractivity contribution in [2.75, 3.05) is 26.8 Å². The van der Waals surface area contributed by atoms with Gasteiger partial charge in [0.15, 0.2) is 5.76 Å². The fourth-order valence-electron chi connectivity index (χ4n) is 3.11. The number of carbonyl (C=O) groups is 1. The Morgan fingerprint density at radius 3 is 3.05 bits per heavy atom. The Morgan fingerprint density at radius 1 is 1.62 bits per heavy atom. The van der Waals surface area contributed by atoms with Crippen LogP contribution < -0.4 is 0 Å². The molecule has 6 nitrogen and oxygen atoms in total. The van der Waals surface area contributed by atoms with E-state index in [1.807, 2.05) is 13.0 Å². The van der Waals surface area contributed by atoms with Gasteiger partial charge >= 0.3 is 5.97 Å². The van der Waals surface area contributed by atoms with Crippen molar-refractivity contribution in [2.45, 2.75) is 39.2 Å². The Balaban J connectivity index is 2.00. The van der Waals surface area contributed by atoms with Crippen LogP contribution in [0.5, 0.6) is 0 Å². The molecule has 2 rings (SSSR count). The zero-order valence-electron chi connectivity index (χ0n) is 12.8. The highest BCUT2D eigenvalue weighted by Gasteiger charge is 2.41. The number of nitrogens with zero attached hydrogens (tertiary/aromatic N) is 2. The highest BCUT2D eigenvalue weighted by molar-refractivity contribution is 5.75. The van der Waals surface area contributed by atoms with Crippen molar-refractivity contribution in [1.29, 1.82) is 0 Å². The summed E-state index contributed by atoms with van der Waals surface area (Å²) in [6.45, 7) is 4.58. The first-order valence-electron chi connectivity index (χ1n) is 7.43. The summed E-state index contributed by atoms with van der Waals surface area (Å²) in [5.74, 6) is 0.0997. The highest BCUT2D eigenvalue weighted by Crippen LogP contribution is 2.35. The first-order valence-corrected chi connectivity index (χ1v) is 7.43. The van der Waals surface area contributed by atoms with Crippen LogP contribution in [0.25, 0.3) is 0 Å². The molecule has 0 aliphatic carbocycles. The van der Waals surface area contributed by atoms with E-state index in [4.69, 9.17) is 9.26 Å². The third-order valence-electron chi connectivity index (χ3n) is 4.17. The summed E-state index contributed by atoms with van der Waals surface area (Å²) >= 11 is 0. The normalized spacial score (nSPS) is 23.3. The van der Waals surface area contributed by atoms with Crippen molar-refractivity contribution in [3.8, 4) is 0 Å². The lowest BCUT2D eigenvalue weighted by molar-refractivity contribution is -0.153. The van der Waals surface area contributed by atoms with Crippen LogP contribution >= 0.6 is 0 Å². The summed E-state index contributed by atoms with van der Waals surface area (Å²) in [5.41, 5.74) is 0.192. The summed E-state index contributed by atoms with van der Waals surface area (Å²) in [6, 6.07) is 1.90. The lowest BCUT2D eigenvalue weighted by Crippen LogP contribution is -2.47. The molecule has 1 N–H and O–H groups in total. The van der Waals surface area contributed by atoms with E-state index < -0.39 is 11.4 Å². The molecule has 1 atom stereocenters. The van der Waals surface area contributed by atoms with Gasteiger partial charge in [-0.3, -0.25) is 9.69 Å². The molecule has 0 amide bonds. The maximum absolute atomic E-state index is 11.8. The molecule has 0 bridgehead atoms. The minimum absolute atomic E-state index is 0.561. The molecular weight excluding hydrogens is 272 g/mol. The molecule has 1 fully saturated rings. The van der Waals surface area contributed by atoms with Gasteiger partial charge in [0, 0.05) is 26.3 Å². The Bertz CT molecular complexity index is 474. The van der Waals surface area contributed by atoms with E-state index in [-0.39, 0.29) is 0 Å². The van der Waals surface area contributed by atoms with Gasteiger partial charge in [-0.1, -0.05) is 5.16 Å². The van der Waals surface area contributed by atoms with Gasteiger partial charge in [-0.15, -0.1) is 0 Å². The second-order valence-corrected chi connectivity index (χ2v) is 5.93. The van der Waals surface area contributed by atoms with Gasteiger partial charge in [0.2, 0.25) is 0 Å². The number of hydrogen-bond acceptors (Lipinski definition) is 5. The lowest BCUT2D eigenvalue weighted by Gasteiger charge is -2.39. The molecule has 1 aliphatic heterocycles. The lowest BCUT2D eigenvalue weighted by atomic mass is 9.76. The molecule has 0 aromatic carbocycles. The minimum Gasteiger partial charge on any atom is -0.481 e. The zero-order chi connectivity index (χ0) is 15.3. The summed E-state index contributed by atoms with van der Waals surface area (Å²) < 4.78 is 10.3. The van der Waals surface area contributed by atoms with Gasteiger partial charge in [0.05, 0.1) is 17.7 Å². The first kappa shape index (κ1) is 16.0. The number of carboxylic acids is 1. The number of aliphatic carboxylic acids is 1. The molecule has 1 aromatic rings. The molecule has 1 aromatic heterocycles. The smallest absolute Gasteiger partial charge is 0.310 e. The second-order valence-electron chi connectivity index (χ2n) is 5.93. The number of aromatic nitrogens is 1. The predicted octanol–water partition coefficient (Wildman–Crippen LogP) is 2.08. The number of piperidine rings is 1. The van der Waals surface area contributed by atoms with Crippen molar-refractivity contribution < 1.29 is 19.2 Å². The van der Waals surface area contributed by atoms with E-state index in [9.17, 15) is 9.90 Å². The van der Waals surface area contributed by atoms with E-state index in [0.29, 0.717) is 26.1 Å². The van der Waals surface area contributed by atoms with Crippen LogP contribution in [0.2, 0.25) is 0 Å². The monoisotopic (exact) mass is 296 g/mol. The Morgan fingerprint density at radius 2 is 2.43 bits per heavy atom. The molecule has 0 saturated carbocycles. The quantitative estimate of drug-likeness (QED) is 0.776. The minimum atomic E-state index is -0.697. The van der Waals surface area contributed by atoms with Crippen LogP contribution in [-0.2, 0) is 16.1 Å².